The van der Waals surface area contributed by atoms with Crippen molar-refractivity contribution in [1.29, 1.82) is 0 Å². The van der Waals surface area contributed by atoms with Gasteiger partial charge in [-0.2, -0.15) is 5.10 Å². The molecule has 6 heteroatoms. The molecule has 20 heavy (non-hydrogen) atoms. The van der Waals surface area contributed by atoms with E-state index in [1.807, 2.05) is 36.4 Å². The number of aromatic nitrogens is 4. The van der Waals surface area contributed by atoms with Gasteiger partial charge < -0.3 is 5.32 Å². The summed E-state index contributed by atoms with van der Waals surface area (Å²) in [5.74, 6) is 1.28. The van der Waals surface area contributed by atoms with E-state index in [4.69, 9.17) is 11.6 Å². The highest BCUT2D eigenvalue weighted by Gasteiger charge is 2.05. The molecule has 0 saturated heterocycles. The zero-order valence-electron chi connectivity index (χ0n) is 10.5. The number of nitrogens with zero attached hydrogens (tertiary/aromatic N) is 3. The van der Waals surface area contributed by atoms with Crippen molar-refractivity contribution in [3.05, 3.63) is 59.5 Å². The van der Waals surface area contributed by atoms with Crippen molar-refractivity contribution in [2.75, 3.05) is 5.32 Å². The minimum Gasteiger partial charge on any atom is -0.364 e. The Kier molecular flexibility index (Phi) is 3.60. The maximum Gasteiger partial charge on any atom is 0.163 e. The predicted molar refractivity (Wildman–Crippen MR) is 78.4 cm³/mol. The van der Waals surface area contributed by atoms with Crippen LogP contribution in [0.4, 0.5) is 5.82 Å². The molecule has 2 aromatic heterocycles. The molecular formula is C14H12ClN5. The summed E-state index contributed by atoms with van der Waals surface area (Å²) in [5, 5.41) is 10.4. The molecule has 0 saturated carbocycles. The van der Waals surface area contributed by atoms with Crippen molar-refractivity contribution in [2.45, 2.75) is 6.54 Å². The topological polar surface area (TPSA) is 66.5 Å². The largest absolute Gasteiger partial charge is 0.364 e. The lowest BCUT2D eigenvalue weighted by Gasteiger charge is -2.07. The van der Waals surface area contributed by atoms with E-state index in [1.165, 1.54) is 0 Å². The van der Waals surface area contributed by atoms with E-state index < -0.39 is 0 Å². The molecule has 0 aliphatic heterocycles. The quantitative estimate of drug-likeness (QED) is 0.723. The van der Waals surface area contributed by atoms with Gasteiger partial charge in [0.1, 0.15) is 11.0 Å². The molecule has 0 fully saturated rings. The third-order valence-electron chi connectivity index (χ3n) is 2.75. The van der Waals surface area contributed by atoms with Gasteiger partial charge in [0.05, 0.1) is 12.2 Å². The standard InChI is InChI=1S/C14H12ClN5/c15-12-8-13(16-9-11-6-7-17-20-11)19-14(18-12)10-4-2-1-3-5-10/h1-8H,9H2,(H,17,20)(H,16,18,19). The Labute approximate surface area is 121 Å². The number of rotatable bonds is 4. The van der Waals surface area contributed by atoms with Crippen LogP contribution in [0.2, 0.25) is 5.15 Å². The second kappa shape index (κ2) is 5.71. The van der Waals surface area contributed by atoms with E-state index >= 15 is 0 Å². The Morgan fingerprint density at radius 2 is 1.95 bits per heavy atom. The van der Waals surface area contributed by atoms with E-state index in [0.29, 0.717) is 23.3 Å². The average molecular weight is 286 g/mol. The van der Waals surface area contributed by atoms with E-state index in [0.717, 1.165) is 11.3 Å². The summed E-state index contributed by atoms with van der Waals surface area (Å²) in [6.07, 6.45) is 1.71. The summed E-state index contributed by atoms with van der Waals surface area (Å²) in [6.45, 7) is 0.599. The Balaban J connectivity index is 1.83. The lowest BCUT2D eigenvalue weighted by molar-refractivity contribution is 0.972. The van der Waals surface area contributed by atoms with Crippen molar-refractivity contribution >= 4 is 17.4 Å². The monoisotopic (exact) mass is 285 g/mol. The van der Waals surface area contributed by atoms with Crippen molar-refractivity contribution in [3.8, 4) is 11.4 Å². The van der Waals surface area contributed by atoms with E-state index in [-0.39, 0.29) is 0 Å². The van der Waals surface area contributed by atoms with Crippen LogP contribution in [0.1, 0.15) is 5.69 Å². The van der Waals surface area contributed by atoms with Gasteiger partial charge in [0.15, 0.2) is 5.82 Å². The fraction of sp³-hybridized carbons (Fsp3) is 0.0714. The van der Waals surface area contributed by atoms with E-state index in [9.17, 15) is 0 Å². The number of nitrogens with one attached hydrogen (secondary N) is 2. The highest BCUT2D eigenvalue weighted by molar-refractivity contribution is 6.29. The first-order valence-corrected chi connectivity index (χ1v) is 6.51. The zero-order chi connectivity index (χ0) is 13.8. The first kappa shape index (κ1) is 12.6. The molecule has 2 N–H and O–H groups in total. The molecule has 0 atom stereocenters. The molecule has 3 aromatic rings. The van der Waals surface area contributed by atoms with Crippen molar-refractivity contribution in [2.24, 2.45) is 0 Å². The fourth-order valence-electron chi connectivity index (χ4n) is 1.79. The van der Waals surface area contributed by atoms with Crippen LogP contribution < -0.4 is 5.32 Å². The molecule has 1 aromatic carbocycles. The van der Waals surface area contributed by atoms with Gasteiger partial charge in [0.2, 0.25) is 0 Å². The van der Waals surface area contributed by atoms with E-state index in [1.54, 1.807) is 12.3 Å². The number of aromatic amines is 1. The lowest BCUT2D eigenvalue weighted by Crippen LogP contribution is -2.03. The number of hydrogen-bond acceptors (Lipinski definition) is 4. The third-order valence-corrected chi connectivity index (χ3v) is 2.94. The summed E-state index contributed by atoms with van der Waals surface area (Å²) in [5.41, 5.74) is 1.90. The van der Waals surface area contributed by atoms with Crippen LogP contribution >= 0.6 is 11.6 Å². The molecule has 3 rings (SSSR count). The van der Waals surface area contributed by atoms with Gasteiger partial charge in [-0.15, -0.1) is 0 Å². The van der Waals surface area contributed by atoms with Gasteiger partial charge in [0.25, 0.3) is 0 Å². The van der Waals surface area contributed by atoms with Gasteiger partial charge in [-0.05, 0) is 6.07 Å². The van der Waals surface area contributed by atoms with Gasteiger partial charge in [-0.1, -0.05) is 41.9 Å². The lowest BCUT2D eigenvalue weighted by atomic mass is 10.2. The molecule has 0 bridgehead atoms. The molecule has 5 nitrogen and oxygen atoms in total. The van der Waals surface area contributed by atoms with Crippen molar-refractivity contribution in [1.82, 2.24) is 20.2 Å². The van der Waals surface area contributed by atoms with Crippen LogP contribution in [-0.4, -0.2) is 20.2 Å². The van der Waals surface area contributed by atoms with Gasteiger partial charge in [-0.3, -0.25) is 5.10 Å². The van der Waals surface area contributed by atoms with E-state index in [2.05, 4.69) is 25.5 Å². The Hall–Kier alpha value is -2.40. The zero-order valence-corrected chi connectivity index (χ0v) is 11.3. The molecule has 100 valence electrons. The summed E-state index contributed by atoms with van der Waals surface area (Å²) < 4.78 is 0. The summed E-state index contributed by atoms with van der Waals surface area (Å²) >= 11 is 6.05. The predicted octanol–water partition coefficient (Wildman–Crippen LogP) is 3.13. The Bertz CT molecular complexity index is 682. The van der Waals surface area contributed by atoms with Crippen LogP contribution in [0, 0.1) is 0 Å². The highest BCUT2D eigenvalue weighted by Crippen LogP contribution is 2.20. The molecule has 2 heterocycles. The molecular weight excluding hydrogens is 274 g/mol. The second-order valence-corrected chi connectivity index (χ2v) is 4.59. The third kappa shape index (κ3) is 2.95. The maximum atomic E-state index is 6.05. The van der Waals surface area contributed by atoms with Crippen LogP contribution in [0.25, 0.3) is 11.4 Å². The minimum absolute atomic E-state index is 0.408. The van der Waals surface area contributed by atoms with Crippen LogP contribution in [0.5, 0.6) is 0 Å². The average Bonchev–Trinajstić information content (AvgIpc) is 2.99. The van der Waals surface area contributed by atoms with Crippen LogP contribution in [0.3, 0.4) is 0 Å². The Morgan fingerprint density at radius 1 is 1.10 bits per heavy atom. The Morgan fingerprint density at radius 3 is 2.70 bits per heavy atom. The smallest absolute Gasteiger partial charge is 0.163 e. The van der Waals surface area contributed by atoms with Gasteiger partial charge >= 0.3 is 0 Å². The normalized spacial score (nSPS) is 10.4. The number of anilines is 1. The van der Waals surface area contributed by atoms with Crippen LogP contribution in [0.15, 0.2) is 48.7 Å². The number of H-pyrrole nitrogens is 1. The summed E-state index contributed by atoms with van der Waals surface area (Å²) in [4.78, 5) is 8.71. The summed E-state index contributed by atoms with van der Waals surface area (Å²) in [7, 11) is 0. The number of benzene rings is 1. The van der Waals surface area contributed by atoms with Crippen LogP contribution in [-0.2, 0) is 6.54 Å². The molecule has 0 spiro atoms. The fourth-order valence-corrected chi connectivity index (χ4v) is 1.98. The first-order chi connectivity index (χ1) is 9.81. The molecule has 0 aliphatic carbocycles. The summed E-state index contributed by atoms with van der Waals surface area (Å²) in [6, 6.07) is 13.3. The van der Waals surface area contributed by atoms with Gasteiger partial charge in [0, 0.05) is 17.8 Å². The second-order valence-electron chi connectivity index (χ2n) is 4.20. The molecule has 0 aliphatic rings. The molecule has 0 amide bonds. The van der Waals surface area contributed by atoms with Crippen molar-refractivity contribution < 1.29 is 0 Å². The first-order valence-electron chi connectivity index (χ1n) is 6.13. The minimum atomic E-state index is 0.408. The maximum absolute atomic E-state index is 6.05. The molecule has 0 unspecified atom stereocenters. The van der Waals surface area contributed by atoms with Gasteiger partial charge in [-0.25, -0.2) is 9.97 Å². The highest BCUT2D eigenvalue weighted by atomic mass is 35.5. The van der Waals surface area contributed by atoms with Crippen molar-refractivity contribution in [3.63, 3.8) is 0 Å². The molecule has 0 radical (unpaired) electrons. The number of hydrogen-bond donors (Lipinski definition) is 2. The number of halogens is 1. The SMILES string of the molecule is Clc1cc(NCc2ccn[nH]2)nc(-c2ccccc2)n1.